The van der Waals surface area contributed by atoms with E-state index in [9.17, 15) is 13.2 Å². The van der Waals surface area contributed by atoms with Crippen LogP contribution in [0.1, 0.15) is 45.4 Å². The first-order chi connectivity index (χ1) is 9.03. The lowest BCUT2D eigenvalue weighted by Crippen LogP contribution is -2.32. The molecule has 4 nitrogen and oxygen atoms in total. The Bertz CT molecular complexity index is 395. The minimum Gasteiger partial charge on any atom is -0.355 e. The normalized spacial score (nSPS) is 17.7. The van der Waals surface area contributed by atoms with E-state index in [2.05, 4.69) is 5.32 Å². The van der Waals surface area contributed by atoms with Gasteiger partial charge in [-0.1, -0.05) is 44.3 Å². The standard InChI is InChI=1S/C14H25NO3S/c1-2-3-11-19(17,18)12-14(16)15-10-9-13-7-5-4-6-8-13/h2-3,13H,4-12H2,1H3,(H,15,16). The van der Waals surface area contributed by atoms with Gasteiger partial charge in [0.2, 0.25) is 5.91 Å². The van der Waals surface area contributed by atoms with Crippen LogP contribution in [0.25, 0.3) is 0 Å². The van der Waals surface area contributed by atoms with Crippen LogP contribution >= 0.6 is 0 Å². The number of allylic oxidation sites excluding steroid dienone is 1. The van der Waals surface area contributed by atoms with Gasteiger partial charge in [0.25, 0.3) is 0 Å². The van der Waals surface area contributed by atoms with Crippen molar-refractivity contribution in [2.24, 2.45) is 5.92 Å². The Hall–Kier alpha value is -0.840. The first-order valence-electron chi connectivity index (χ1n) is 7.12. The van der Waals surface area contributed by atoms with E-state index < -0.39 is 15.6 Å². The topological polar surface area (TPSA) is 63.2 Å². The maximum Gasteiger partial charge on any atom is 0.235 e. The van der Waals surface area contributed by atoms with Crippen LogP contribution in [0.5, 0.6) is 0 Å². The van der Waals surface area contributed by atoms with Crippen molar-refractivity contribution >= 4 is 15.7 Å². The summed E-state index contributed by atoms with van der Waals surface area (Å²) in [6.45, 7) is 2.36. The van der Waals surface area contributed by atoms with Gasteiger partial charge in [-0.25, -0.2) is 8.42 Å². The third kappa shape index (κ3) is 7.35. The summed E-state index contributed by atoms with van der Waals surface area (Å²) in [7, 11) is -3.30. The third-order valence-electron chi connectivity index (χ3n) is 3.54. The van der Waals surface area contributed by atoms with E-state index in [1.165, 1.54) is 32.1 Å². The van der Waals surface area contributed by atoms with Gasteiger partial charge in [-0.2, -0.15) is 0 Å². The fourth-order valence-electron chi connectivity index (χ4n) is 2.44. The number of sulfone groups is 1. The molecular formula is C14H25NO3S. The second-order valence-electron chi connectivity index (χ2n) is 5.27. The van der Waals surface area contributed by atoms with Crippen molar-refractivity contribution in [3.05, 3.63) is 12.2 Å². The van der Waals surface area contributed by atoms with Gasteiger partial charge in [0.05, 0.1) is 5.75 Å². The molecule has 1 N–H and O–H groups in total. The summed E-state index contributed by atoms with van der Waals surface area (Å²) in [6, 6.07) is 0. The van der Waals surface area contributed by atoms with E-state index in [0.717, 1.165) is 6.42 Å². The van der Waals surface area contributed by atoms with Crippen LogP contribution in [0.15, 0.2) is 12.2 Å². The van der Waals surface area contributed by atoms with Crippen LogP contribution < -0.4 is 5.32 Å². The fourth-order valence-corrected chi connectivity index (χ4v) is 3.55. The highest BCUT2D eigenvalue weighted by atomic mass is 32.2. The third-order valence-corrected chi connectivity index (χ3v) is 4.94. The Kier molecular flexibility index (Phi) is 7.13. The summed E-state index contributed by atoms with van der Waals surface area (Å²) in [6.07, 6.45) is 10.6. The van der Waals surface area contributed by atoms with Gasteiger partial charge < -0.3 is 5.32 Å². The average molecular weight is 287 g/mol. The van der Waals surface area contributed by atoms with Crippen molar-refractivity contribution in [3.63, 3.8) is 0 Å². The van der Waals surface area contributed by atoms with E-state index in [4.69, 9.17) is 0 Å². The zero-order chi connectivity index (χ0) is 14.1. The molecule has 1 rings (SSSR count). The molecule has 0 radical (unpaired) electrons. The molecule has 1 fully saturated rings. The zero-order valence-corrected chi connectivity index (χ0v) is 12.5. The number of hydrogen-bond donors (Lipinski definition) is 1. The predicted octanol–water partition coefficient (Wildman–Crippen LogP) is 2.06. The largest absolute Gasteiger partial charge is 0.355 e. The van der Waals surface area contributed by atoms with Gasteiger partial charge in [-0.3, -0.25) is 4.79 Å². The van der Waals surface area contributed by atoms with E-state index in [1.54, 1.807) is 19.1 Å². The minimum atomic E-state index is -3.30. The molecule has 0 saturated heterocycles. The zero-order valence-electron chi connectivity index (χ0n) is 11.7. The summed E-state index contributed by atoms with van der Waals surface area (Å²) in [5.41, 5.74) is 0. The molecular weight excluding hydrogens is 262 g/mol. The van der Waals surface area contributed by atoms with Crippen molar-refractivity contribution in [1.29, 1.82) is 0 Å². The molecule has 1 saturated carbocycles. The van der Waals surface area contributed by atoms with E-state index >= 15 is 0 Å². The van der Waals surface area contributed by atoms with Gasteiger partial charge >= 0.3 is 0 Å². The number of carbonyl (C=O) groups excluding carboxylic acids is 1. The van der Waals surface area contributed by atoms with Crippen molar-refractivity contribution in [3.8, 4) is 0 Å². The Balaban J connectivity index is 2.20. The van der Waals surface area contributed by atoms with Gasteiger partial charge in [-0.05, 0) is 19.3 Å². The molecule has 5 heteroatoms. The molecule has 0 heterocycles. The van der Waals surface area contributed by atoms with E-state index in [1.807, 2.05) is 0 Å². The van der Waals surface area contributed by atoms with Crippen molar-refractivity contribution < 1.29 is 13.2 Å². The maximum absolute atomic E-state index is 11.6. The van der Waals surface area contributed by atoms with Crippen molar-refractivity contribution in [1.82, 2.24) is 5.32 Å². The molecule has 1 aliphatic rings. The van der Waals surface area contributed by atoms with Crippen LogP contribution in [0.2, 0.25) is 0 Å². The Labute approximate surface area is 116 Å². The van der Waals surface area contributed by atoms with Gasteiger partial charge in [0.15, 0.2) is 9.84 Å². The number of amides is 1. The van der Waals surface area contributed by atoms with E-state index in [-0.39, 0.29) is 11.7 Å². The summed E-state index contributed by atoms with van der Waals surface area (Å²) in [5.74, 6) is -0.129. The second-order valence-corrected chi connectivity index (χ2v) is 7.38. The molecule has 0 spiro atoms. The highest BCUT2D eigenvalue weighted by Gasteiger charge is 2.16. The molecule has 0 unspecified atom stereocenters. The van der Waals surface area contributed by atoms with Gasteiger partial charge in [0.1, 0.15) is 5.75 Å². The molecule has 1 amide bonds. The molecule has 0 aromatic carbocycles. The number of carbonyl (C=O) groups is 1. The first-order valence-corrected chi connectivity index (χ1v) is 8.94. The van der Waals surface area contributed by atoms with Gasteiger partial charge in [0, 0.05) is 6.54 Å². The molecule has 0 aliphatic heterocycles. The van der Waals surface area contributed by atoms with Gasteiger partial charge in [-0.15, -0.1) is 0 Å². The first kappa shape index (κ1) is 16.2. The van der Waals surface area contributed by atoms with Crippen LogP contribution in [-0.2, 0) is 14.6 Å². The van der Waals surface area contributed by atoms with Crippen LogP contribution in [-0.4, -0.2) is 32.4 Å². The van der Waals surface area contributed by atoms with Crippen molar-refractivity contribution in [2.75, 3.05) is 18.1 Å². The lowest BCUT2D eigenvalue weighted by molar-refractivity contribution is -0.118. The van der Waals surface area contributed by atoms with Crippen LogP contribution in [0.3, 0.4) is 0 Å². The van der Waals surface area contributed by atoms with Crippen LogP contribution in [0.4, 0.5) is 0 Å². The SMILES string of the molecule is CC=CCS(=O)(=O)CC(=O)NCCC1CCCCC1. The highest BCUT2D eigenvalue weighted by molar-refractivity contribution is 7.92. The second kappa shape index (κ2) is 8.35. The molecule has 19 heavy (non-hydrogen) atoms. The molecule has 0 bridgehead atoms. The summed E-state index contributed by atoms with van der Waals surface area (Å²) >= 11 is 0. The number of hydrogen-bond acceptors (Lipinski definition) is 3. The maximum atomic E-state index is 11.6. The molecule has 110 valence electrons. The Morgan fingerprint density at radius 2 is 1.95 bits per heavy atom. The quantitative estimate of drug-likeness (QED) is 0.729. The van der Waals surface area contributed by atoms with Crippen molar-refractivity contribution in [2.45, 2.75) is 45.4 Å². The number of rotatable bonds is 7. The Morgan fingerprint density at radius 3 is 2.58 bits per heavy atom. The highest BCUT2D eigenvalue weighted by Crippen LogP contribution is 2.25. The monoisotopic (exact) mass is 287 g/mol. The lowest BCUT2D eigenvalue weighted by Gasteiger charge is -2.21. The molecule has 0 aromatic rings. The minimum absolute atomic E-state index is 0.0560. The summed E-state index contributed by atoms with van der Waals surface area (Å²) in [4.78, 5) is 11.5. The predicted molar refractivity (Wildman–Crippen MR) is 77.7 cm³/mol. The lowest BCUT2D eigenvalue weighted by atomic mass is 9.87. The van der Waals surface area contributed by atoms with E-state index in [0.29, 0.717) is 12.5 Å². The fraction of sp³-hybridized carbons (Fsp3) is 0.786. The Morgan fingerprint density at radius 1 is 1.26 bits per heavy atom. The molecule has 1 aliphatic carbocycles. The molecule has 0 atom stereocenters. The summed E-state index contributed by atoms with van der Waals surface area (Å²) < 4.78 is 23.1. The summed E-state index contributed by atoms with van der Waals surface area (Å²) in [5, 5.41) is 2.72. The number of nitrogens with one attached hydrogen (secondary N) is 1. The average Bonchev–Trinajstić information content (AvgIpc) is 2.37. The molecule has 0 aromatic heterocycles. The smallest absolute Gasteiger partial charge is 0.235 e. The van der Waals surface area contributed by atoms with Crippen LogP contribution in [0, 0.1) is 5.92 Å².